The lowest BCUT2D eigenvalue weighted by molar-refractivity contribution is 0.0926. The number of halogens is 1. The molecule has 1 N–H and O–H groups in total. The van der Waals surface area contributed by atoms with Gasteiger partial charge in [0.05, 0.1) is 17.3 Å². The summed E-state index contributed by atoms with van der Waals surface area (Å²) in [5.41, 5.74) is 2.22. The summed E-state index contributed by atoms with van der Waals surface area (Å²) >= 11 is 1.45. The first-order valence-corrected chi connectivity index (χ1v) is 12.8. The van der Waals surface area contributed by atoms with Crippen LogP contribution in [-0.2, 0) is 0 Å². The van der Waals surface area contributed by atoms with Crippen LogP contribution >= 0.6 is 11.8 Å². The average molecular weight is 495 g/mol. The van der Waals surface area contributed by atoms with E-state index >= 15 is 0 Å². The van der Waals surface area contributed by atoms with Crippen molar-refractivity contribution >= 4 is 23.4 Å². The van der Waals surface area contributed by atoms with Crippen molar-refractivity contribution in [3.63, 3.8) is 0 Å². The molecule has 3 heterocycles. The largest absolute Gasteiger partial charge is 0.454 e. The highest BCUT2D eigenvalue weighted by molar-refractivity contribution is 7.98. The van der Waals surface area contributed by atoms with Gasteiger partial charge < -0.3 is 19.7 Å². The molecular formula is C26H27FN4O3S. The number of carbonyl (C=O) groups is 1. The maximum absolute atomic E-state index is 14.3. The summed E-state index contributed by atoms with van der Waals surface area (Å²) < 4.78 is 25.4. The fourth-order valence-electron chi connectivity index (χ4n) is 4.57. The zero-order valence-corrected chi connectivity index (χ0v) is 20.3. The van der Waals surface area contributed by atoms with Crippen molar-refractivity contribution in [2.24, 2.45) is 0 Å². The number of piperazine rings is 1. The van der Waals surface area contributed by atoms with Gasteiger partial charge in [-0.05, 0) is 48.2 Å². The van der Waals surface area contributed by atoms with Gasteiger partial charge in [0, 0.05) is 38.9 Å². The Kier molecular flexibility index (Phi) is 7.06. The minimum Gasteiger partial charge on any atom is -0.454 e. The number of pyridine rings is 1. The Morgan fingerprint density at radius 1 is 1.09 bits per heavy atom. The monoisotopic (exact) mass is 494 g/mol. The molecule has 5 rings (SSSR count). The summed E-state index contributed by atoms with van der Waals surface area (Å²) in [5, 5.41) is 3.81. The van der Waals surface area contributed by atoms with Crippen molar-refractivity contribution in [3.8, 4) is 11.5 Å². The average Bonchev–Trinajstić information content (AvgIpc) is 3.37. The first-order valence-electron chi connectivity index (χ1n) is 11.5. The van der Waals surface area contributed by atoms with Gasteiger partial charge >= 0.3 is 0 Å². The highest BCUT2D eigenvalue weighted by Crippen LogP contribution is 2.36. The number of fused-ring (bicyclic) bond motifs is 1. The Morgan fingerprint density at radius 3 is 2.69 bits per heavy atom. The summed E-state index contributed by atoms with van der Waals surface area (Å²) in [6.45, 7) is 3.46. The number of thioether (sulfide) groups is 1. The molecule has 7 nitrogen and oxygen atoms in total. The van der Waals surface area contributed by atoms with Crippen LogP contribution in [0.4, 0.5) is 10.1 Å². The van der Waals surface area contributed by atoms with Gasteiger partial charge in [0.1, 0.15) is 10.8 Å². The van der Waals surface area contributed by atoms with Gasteiger partial charge in [0.25, 0.3) is 5.91 Å². The normalized spacial score (nSPS) is 16.2. The highest BCUT2D eigenvalue weighted by Gasteiger charge is 2.28. The first kappa shape index (κ1) is 23.4. The van der Waals surface area contributed by atoms with E-state index in [1.807, 2.05) is 36.6 Å². The predicted molar refractivity (Wildman–Crippen MR) is 134 cm³/mol. The van der Waals surface area contributed by atoms with E-state index < -0.39 is 0 Å². The maximum Gasteiger partial charge on any atom is 0.254 e. The second-order valence-electron chi connectivity index (χ2n) is 8.37. The molecule has 2 aliphatic rings. The Hall–Kier alpha value is -3.30. The lowest BCUT2D eigenvalue weighted by Gasteiger charge is -2.40. The predicted octanol–water partition coefficient (Wildman–Crippen LogP) is 3.96. The van der Waals surface area contributed by atoms with Crippen LogP contribution < -0.4 is 19.7 Å². The van der Waals surface area contributed by atoms with Crippen molar-refractivity contribution in [2.45, 2.75) is 11.1 Å². The van der Waals surface area contributed by atoms with Crippen LogP contribution in [-0.4, -0.2) is 61.6 Å². The molecular weight excluding hydrogens is 467 g/mol. The SMILES string of the molecule is CSc1ncccc1C(=O)NCC(c1ccc2c(c1)OCO2)N1CCN(c2ccccc2F)CC1. The molecule has 1 saturated heterocycles. The zero-order chi connectivity index (χ0) is 24.2. The number of nitrogens with one attached hydrogen (secondary N) is 1. The number of para-hydroxylation sites is 1. The smallest absolute Gasteiger partial charge is 0.254 e. The zero-order valence-electron chi connectivity index (χ0n) is 19.4. The van der Waals surface area contributed by atoms with Crippen LogP contribution in [0.1, 0.15) is 22.0 Å². The lowest BCUT2D eigenvalue weighted by Crippen LogP contribution is -2.50. The van der Waals surface area contributed by atoms with E-state index in [1.54, 1.807) is 24.4 Å². The summed E-state index contributed by atoms with van der Waals surface area (Å²) in [6.07, 6.45) is 3.59. The molecule has 1 unspecified atom stereocenters. The molecule has 2 aliphatic heterocycles. The van der Waals surface area contributed by atoms with E-state index in [9.17, 15) is 9.18 Å². The highest BCUT2D eigenvalue weighted by atomic mass is 32.2. The van der Waals surface area contributed by atoms with Gasteiger partial charge in [0.15, 0.2) is 11.5 Å². The van der Waals surface area contributed by atoms with Gasteiger partial charge in [-0.1, -0.05) is 18.2 Å². The number of hydrogen-bond acceptors (Lipinski definition) is 7. The number of anilines is 1. The molecule has 0 radical (unpaired) electrons. The molecule has 3 aromatic rings. The lowest BCUT2D eigenvalue weighted by atomic mass is 10.0. The van der Waals surface area contributed by atoms with Crippen molar-refractivity contribution in [1.82, 2.24) is 15.2 Å². The first-order chi connectivity index (χ1) is 17.1. The molecule has 1 fully saturated rings. The maximum atomic E-state index is 14.3. The molecule has 0 saturated carbocycles. The van der Waals surface area contributed by atoms with Crippen LogP contribution in [0, 0.1) is 5.82 Å². The van der Waals surface area contributed by atoms with E-state index in [4.69, 9.17) is 9.47 Å². The Morgan fingerprint density at radius 2 is 1.89 bits per heavy atom. The molecule has 9 heteroatoms. The number of rotatable bonds is 7. The van der Waals surface area contributed by atoms with Gasteiger partial charge in [-0.2, -0.15) is 0 Å². The van der Waals surface area contributed by atoms with E-state index in [0.717, 1.165) is 24.4 Å². The van der Waals surface area contributed by atoms with Crippen LogP contribution in [0.3, 0.4) is 0 Å². The van der Waals surface area contributed by atoms with E-state index in [-0.39, 0.29) is 24.6 Å². The Bertz CT molecular complexity index is 1200. The second kappa shape index (κ2) is 10.5. The summed E-state index contributed by atoms with van der Waals surface area (Å²) in [4.78, 5) is 21.7. The second-order valence-corrected chi connectivity index (χ2v) is 9.17. The van der Waals surface area contributed by atoms with Crippen molar-refractivity contribution in [2.75, 3.05) is 50.7 Å². The van der Waals surface area contributed by atoms with E-state index in [1.165, 1.54) is 17.8 Å². The molecule has 1 aromatic heterocycles. The fourth-order valence-corrected chi connectivity index (χ4v) is 5.12. The Labute approximate surface area is 208 Å². The molecule has 0 aliphatic carbocycles. The molecule has 1 atom stereocenters. The number of hydrogen-bond donors (Lipinski definition) is 1. The number of aromatic nitrogens is 1. The minimum atomic E-state index is -0.207. The van der Waals surface area contributed by atoms with Crippen molar-refractivity contribution in [3.05, 3.63) is 77.7 Å². The number of carbonyl (C=O) groups excluding carboxylic acids is 1. The van der Waals surface area contributed by atoms with Crippen LogP contribution in [0.15, 0.2) is 65.8 Å². The van der Waals surface area contributed by atoms with Gasteiger partial charge in [0.2, 0.25) is 6.79 Å². The minimum absolute atomic E-state index is 0.0781. The summed E-state index contributed by atoms with van der Waals surface area (Å²) in [7, 11) is 0. The standard InChI is InChI=1S/C26H27FN4O3S/c1-35-26-19(5-4-10-28-26)25(32)29-16-22(18-8-9-23-24(15-18)34-17-33-23)31-13-11-30(12-14-31)21-7-3-2-6-20(21)27/h2-10,15,22H,11-14,16-17H2,1H3,(H,29,32). The fraction of sp³-hybridized carbons (Fsp3) is 0.308. The molecule has 35 heavy (non-hydrogen) atoms. The summed E-state index contributed by atoms with van der Waals surface area (Å²) in [5.74, 6) is 1.07. The van der Waals surface area contributed by atoms with Gasteiger partial charge in [-0.15, -0.1) is 11.8 Å². The van der Waals surface area contributed by atoms with E-state index in [0.29, 0.717) is 41.7 Å². The van der Waals surface area contributed by atoms with Crippen molar-refractivity contribution < 1.29 is 18.7 Å². The third-order valence-corrected chi connectivity index (χ3v) is 7.11. The van der Waals surface area contributed by atoms with E-state index in [2.05, 4.69) is 20.1 Å². The summed E-state index contributed by atoms with van der Waals surface area (Å²) in [6, 6.07) is 16.3. The van der Waals surface area contributed by atoms with Crippen LogP contribution in [0.25, 0.3) is 0 Å². The molecule has 182 valence electrons. The number of benzene rings is 2. The topological polar surface area (TPSA) is 66.9 Å². The number of ether oxygens (including phenoxy) is 2. The quantitative estimate of drug-likeness (QED) is 0.499. The molecule has 0 bridgehead atoms. The molecule has 1 amide bonds. The number of amides is 1. The molecule has 0 spiro atoms. The molecule has 2 aromatic carbocycles. The van der Waals surface area contributed by atoms with Crippen LogP contribution in [0.5, 0.6) is 11.5 Å². The third kappa shape index (κ3) is 5.06. The van der Waals surface area contributed by atoms with Gasteiger partial charge in [-0.25, -0.2) is 9.37 Å². The van der Waals surface area contributed by atoms with Gasteiger partial charge in [-0.3, -0.25) is 9.69 Å². The van der Waals surface area contributed by atoms with Crippen molar-refractivity contribution in [1.29, 1.82) is 0 Å². The number of nitrogens with zero attached hydrogens (tertiary/aromatic N) is 3. The van der Waals surface area contributed by atoms with Crippen LogP contribution in [0.2, 0.25) is 0 Å². The Balaban J connectivity index is 1.34. The third-order valence-electron chi connectivity index (χ3n) is 6.39.